The molecule has 8 nitrogen and oxygen atoms in total. The van der Waals surface area contributed by atoms with Crippen LogP contribution in [-0.4, -0.2) is 36.8 Å². The molecule has 0 fully saturated rings. The molecule has 0 radical (unpaired) electrons. The first-order valence-corrected chi connectivity index (χ1v) is 16.2. The smallest absolute Gasteiger partial charge is 0.272 e. The van der Waals surface area contributed by atoms with Gasteiger partial charge in [0.25, 0.3) is 11.8 Å². The lowest BCUT2D eigenvalue weighted by atomic mass is 10.1. The first-order valence-electron chi connectivity index (χ1n) is 14.5. The van der Waals surface area contributed by atoms with E-state index in [1.807, 2.05) is 110 Å². The van der Waals surface area contributed by atoms with Crippen LogP contribution in [0.4, 0.5) is 16.5 Å². The number of thioether (sulfide) groups is 1. The van der Waals surface area contributed by atoms with E-state index in [1.165, 1.54) is 23.1 Å². The Labute approximate surface area is 276 Å². The summed E-state index contributed by atoms with van der Waals surface area (Å²) in [6.07, 6.45) is 1.64. The van der Waals surface area contributed by atoms with Gasteiger partial charge in [0, 0.05) is 41.3 Å². The Hall–Kier alpha value is -5.19. The zero-order chi connectivity index (χ0) is 32.5. The predicted octanol–water partition coefficient (Wildman–Crippen LogP) is 7.40. The summed E-state index contributed by atoms with van der Waals surface area (Å²) in [6.45, 7) is 1.88. The molecule has 0 saturated heterocycles. The molecule has 4 aromatic carbocycles. The molecule has 0 aliphatic rings. The summed E-state index contributed by atoms with van der Waals surface area (Å²) in [4.78, 5) is 47.3. The number of nitrogens with zero attached hydrogens (tertiary/aromatic N) is 2. The minimum Gasteiger partial charge on any atom is -0.378 e. The van der Waals surface area contributed by atoms with Gasteiger partial charge in [-0.25, -0.2) is 4.98 Å². The van der Waals surface area contributed by atoms with E-state index in [2.05, 4.69) is 20.9 Å². The highest BCUT2D eigenvalue weighted by Gasteiger charge is 2.23. The number of carbonyl (C=O) groups excluding carboxylic acids is 3. The molecule has 0 bridgehead atoms. The Morgan fingerprint density at radius 1 is 0.848 bits per heavy atom. The molecule has 1 unspecified atom stereocenters. The van der Waals surface area contributed by atoms with Crippen LogP contribution in [-0.2, 0) is 9.59 Å². The first-order chi connectivity index (χ1) is 22.2. The number of hydrogen-bond donors (Lipinski definition) is 3. The monoisotopic (exact) mass is 647 g/mol. The molecule has 1 aromatic heterocycles. The lowest BCUT2D eigenvalue weighted by Gasteiger charge is -2.17. The van der Waals surface area contributed by atoms with Crippen LogP contribution in [0.25, 0.3) is 6.08 Å². The molecule has 3 N–H and O–H groups in total. The number of carbonyl (C=O) groups is 3. The van der Waals surface area contributed by atoms with Gasteiger partial charge < -0.3 is 20.9 Å². The third kappa shape index (κ3) is 8.71. The normalized spacial score (nSPS) is 11.8. The molecule has 1 heterocycles. The van der Waals surface area contributed by atoms with E-state index in [0.29, 0.717) is 16.4 Å². The summed E-state index contributed by atoms with van der Waals surface area (Å²) in [5, 5.41) is 10.5. The highest BCUT2D eigenvalue weighted by molar-refractivity contribution is 8.00. The molecule has 3 amide bonds. The van der Waals surface area contributed by atoms with E-state index in [9.17, 15) is 14.4 Å². The summed E-state index contributed by atoms with van der Waals surface area (Å²) < 4.78 is 0. The number of thiazole rings is 1. The molecule has 0 saturated carbocycles. The molecule has 1 atom stereocenters. The van der Waals surface area contributed by atoms with Crippen molar-refractivity contribution in [3.63, 3.8) is 0 Å². The fourth-order valence-electron chi connectivity index (χ4n) is 4.44. The van der Waals surface area contributed by atoms with Crippen LogP contribution < -0.4 is 20.9 Å². The van der Waals surface area contributed by atoms with Gasteiger partial charge in [0.2, 0.25) is 5.91 Å². The molecular weight excluding hydrogens is 615 g/mol. The van der Waals surface area contributed by atoms with Crippen molar-refractivity contribution >= 4 is 63.4 Å². The van der Waals surface area contributed by atoms with Gasteiger partial charge in [0.15, 0.2) is 5.13 Å². The van der Waals surface area contributed by atoms with E-state index in [1.54, 1.807) is 36.4 Å². The zero-order valence-electron chi connectivity index (χ0n) is 25.6. The third-order valence-corrected chi connectivity index (χ3v) is 8.91. The second kappa shape index (κ2) is 15.2. The quantitative estimate of drug-likeness (QED) is 0.102. The van der Waals surface area contributed by atoms with Crippen LogP contribution >= 0.6 is 23.1 Å². The Morgan fingerprint density at radius 3 is 2.20 bits per heavy atom. The van der Waals surface area contributed by atoms with Crippen molar-refractivity contribution in [2.75, 3.05) is 29.6 Å². The fourth-order valence-corrected chi connectivity index (χ4v) is 6.22. The summed E-state index contributed by atoms with van der Waals surface area (Å²) in [7, 11) is 3.90. The Kier molecular flexibility index (Phi) is 10.6. The number of hydrogen-bond acceptors (Lipinski definition) is 7. The van der Waals surface area contributed by atoms with Gasteiger partial charge in [0.05, 0.1) is 5.69 Å². The fraction of sp³-hybridized carbons (Fsp3) is 0.111. The summed E-state index contributed by atoms with van der Waals surface area (Å²) >= 11 is 2.74. The maximum Gasteiger partial charge on any atom is 0.272 e. The third-order valence-electron chi connectivity index (χ3n) is 6.78. The van der Waals surface area contributed by atoms with Crippen molar-refractivity contribution in [3.05, 3.63) is 143 Å². The highest BCUT2D eigenvalue weighted by atomic mass is 32.2. The van der Waals surface area contributed by atoms with Gasteiger partial charge in [-0.15, -0.1) is 23.1 Å². The molecule has 5 rings (SSSR count). The van der Waals surface area contributed by atoms with Gasteiger partial charge in [-0.3, -0.25) is 14.4 Å². The molecule has 46 heavy (non-hydrogen) atoms. The number of anilines is 3. The van der Waals surface area contributed by atoms with Crippen LogP contribution in [0, 0.1) is 6.92 Å². The SMILES string of the molecule is Cc1csc(NC(=O)C(Sc2cccc(NC(=O)/C(=C\c3ccc(N(C)C)cc3)NC(=O)c3ccccc3)c2)c2ccccc2)n1. The number of nitrogens with one attached hydrogen (secondary N) is 3. The van der Waals surface area contributed by atoms with Crippen molar-refractivity contribution in [3.8, 4) is 0 Å². The molecule has 0 spiro atoms. The van der Waals surface area contributed by atoms with E-state index in [4.69, 9.17) is 0 Å². The average molecular weight is 648 g/mol. The van der Waals surface area contributed by atoms with Crippen LogP contribution in [0.2, 0.25) is 0 Å². The van der Waals surface area contributed by atoms with Crippen molar-refractivity contribution in [2.24, 2.45) is 0 Å². The van der Waals surface area contributed by atoms with Crippen molar-refractivity contribution in [1.29, 1.82) is 0 Å². The number of rotatable bonds is 11. The topological polar surface area (TPSA) is 103 Å². The summed E-state index contributed by atoms with van der Waals surface area (Å²) in [5.74, 6) is -1.09. The minimum atomic E-state index is -0.567. The zero-order valence-corrected chi connectivity index (χ0v) is 27.2. The Balaban J connectivity index is 1.37. The highest BCUT2D eigenvalue weighted by Crippen LogP contribution is 2.37. The van der Waals surface area contributed by atoms with Crippen molar-refractivity contribution < 1.29 is 14.4 Å². The number of benzene rings is 4. The van der Waals surface area contributed by atoms with E-state index >= 15 is 0 Å². The molecule has 0 aliphatic carbocycles. The van der Waals surface area contributed by atoms with Gasteiger partial charge in [-0.2, -0.15) is 0 Å². The molecule has 0 aliphatic heterocycles. The van der Waals surface area contributed by atoms with Crippen LogP contribution in [0.1, 0.15) is 32.4 Å². The number of amides is 3. The average Bonchev–Trinajstić information content (AvgIpc) is 3.48. The predicted molar refractivity (Wildman–Crippen MR) is 188 cm³/mol. The minimum absolute atomic E-state index is 0.0878. The molecular formula is C36H33N5O3S2. The van der Waals surface area contributed by atoms with Crippen LogP contribution in [0.5, 0.6) is 0 Å². The second-order valence-electron chi connectivity index (χ2n) is 10.5. The van der Waals surface area contributed by atoms with Gasteiger partial charge in [0.1, 0.15) is 10.9 Å². The number of aromatic nitrogens is 1. The van der Waals surface area contributed by atoms with Gasteiger partial charge >= 0.3 is 0 Å². The second-order valence-corrected chi connectivity index (χ2v) is 12.6. The lowest BCUT2D eigenvalue weighted by molar-refractivity contribution is -0.116. The largest absolute Gasteiger partial charge is 0.378 e. The maximum absolute atomic E-state index is 13.6. The Bertz CT molecular complexity index is 1840. The van der Waals surface area contributed by atoms with Crippen LogP contribution in [0.15, 0.2) is 125 Å². The van der Waals surface area contributed by atoms with Crippen molar-refractivity contribution in [2.45, 2.75) is 17.1 Å². The van der Waals surface area contributed by atoms with E-state index in [-0.39, 0.29) is 11.6 Å². The maximum atomic E-state index is 13.6. The summed E-state index contributed by atoms with van der Waals surface area (Å²) in [6, 6.07) is 33.2. The molecule has 10 heteroatoms. The lowest BCUT2D eigenvalue weighted by Crippen LogP contribution is -2.30. The van der Waals surface area contributed by atoms with Gasteiger partial charge in [-0.1, -0.05) is 66.7 Å². The summed E-state index contributed by atoms with van der Waals surface area (Å²) in [5.41, 5.74) is 4.47. The molecule has 5 aromatic rings. The van der Waals surface area contributed by atoms with Gasteiger partial charge in [-0.05, 0) is 66.6 Å². The van der Waals surface area contributed by atoms with Crippen molar-refractivity contribution in [1.82, 2.24) is 10.3 Å². The first kappa shape index (κ1) is 32.2. The van der Waals surface area contributed by atoms with E-state index in [0.717, 1.165) is 27.4 Å². The number of aryl methyl sites for hydroxylation is 1. The Morgan fingerprint density at radius 2 is 1.54 bits per heavy atom. The van der Waals surface area contributed by atoms with Crippen LogP contribution in [0.3, 0.4) is 0 Å². The standard InChI is InChI=1S/C36H33N5O3S2/c1-24-23-45-36(37-24)40-35(44)32(26-11-6-4-7-12-26)46-30-16-10-15-28(22-30)38-34(43)31(39-33(42)27-13-8-5-9-14-27)21-25-17-19-29(20-18-25)41(2)3/h4-23,32H,1-3H3,(H,38,43)(H,39,42)(H,37,40,44)/b31-21+. The molecule has 232 valence electrons. The van der Waals surface area contributed by atoms with E-state index < -0.39 is 17.1 Å².